The van der Waals surface area contributed by atoms with Crippen molar-refractivity contribution in [3.05, 3.63) is 42.6 Å². The topological polar surface area (TPSA) is 0 Å². The molecule has 0 amide bonds. The first-order chi connectivity index (χ1) is 5.22. The maximum absolute atomic E-state index is 12.3. The van der Waals surface area contributed by atoms with Gasteiger partial charge in [0.25, 0.3) is 0 Å². The van der Waals surface area contributed by atoms with Gasteiger partial charge in [0.05, 0.1) is 0 Å². The van der Waals surface area contributed by atoms with Crippen LogP contribution in [0.2, 0.25) is 0 Å². The summed E-state index contributed by atoms with van der Waals surface area (Å²) in [5.74, 6) is -0.243. The minimum Gasteiger partial charge on any atom is -0.207 e. The summed E-state index contributed by atoms with van der Waals surface area (Å²) < 4.78 is 12.3. The number of hydrogen-bond acceptors (Lipinski definition) is 0. The second kappa shape index (κ2) is 7.39. The number of hydrogen-bond donors (Lipinski definition) is 0. The van der Waals surface area contributed by atoms with Crippen molar-refractivity contribution in [1.29, 1.82) is 0 Å². The van der Waals surface area contributed by atoms with Gasteiger partial charge in [0, 0.05) is 0 Å². The minimum absolute atomic E-state index is 0.243. The van der Waals surface area contributed by atoms with Crippen LogP contribution < -0.4 is 0 Å². The summed E-state index contributed by atoms with van der Waals surface area (Å²) in [7, 11) is 0. The van der Waals surface area contributed by atoms with E-state index >= 15 is 0 Å². The molecule has 0 atom stereocenters. The van der Waals surface area contributed by atoms with E-state index in [1.54, 1.807) is 18.2 Å². The van der Waals surface area contributed by atoms with Crippen LogP contribution in [0.4, 0.5) is 4.39 Å². The van der Waals surface area contributed by atoms with Crippen molar-refractivity contribution >= 4 is 27.2 Å². The molecule has 4 heteroatoms. The van der Waals surface area contributed by atoms with Crippen molar-refractivity contribution in [3.8, 4) is 0 Å². The maximum Gasteiger partial charge on any atom is 0.126 e. The zero-order chi connectivity index (χ0) is 8.69. The molecular weight excluding hydrogens is 328 g/mol. The molecule has 0 saturated heterocycles. The maximum atomic E-state index is 12.3. The summed E-state index contributed by atoms with van der Waals surface area (Å²) >= 11 is 6.25. The zero-order valence-corrected chi connectivity index (χ0v) is 12.0. The molecular formula is C7H6Br2FZn. The molecule has 0 unspecified atom stereocenters. The normalized spacial score (nSPS) is 7.64. The Hall–Kier alpha value is 0.733. The van der Waals surface area contributed by atoms with Crippen molar-refractivity contribution in [2.45, 2.75) is 0 Å². The molecule has 1 aromatic rings. The molecule has 0 heterocycles. The second-order valence-electron chi connectivity index (χ2n) is 1.69. The predicted molar refractivity (Wildman–Crippen MR) is 48.7 cm³/mol. The molecule has 1 rings (SSSR count). The van der Waals surface area contributed by atoms with Gasteiger partial charge in [-0.3, -0.25) is 0 Å². The molecule has 1 aromatic carbocycles. The number of benzene rings is 1. The standard InChI is InChI=1S/C7H6F.2BrH.Zn/c1-6-4-2-3-5-7(6)8;;;/h2-5H,1H2;2*1H;/q;;;+2/p-2. The molecule has 1 radical (unpaired) electrons. The fourth-order valence-corrected chi connectivity index (χ4v) is 0.498. The van der Waals surface area contributed by atoms with Crippen LogP contribution in [0.3, 0.4) is 0 Å². The third-order valence-electron chi connectivity index (χ3n) is 0.958. The Morgan fingerprint density at radius 2 is 1.73 bits per heavy atom. The van der Waals surface area contributed by atoms with E-state index in [4.69, 9.17) is 0 Å². The van der Waals surface area contributed by atoms with Crippen LogP contribution in [0.1, 0.15) is 5.56 Å². The Bertz CT molecular complexity index is 184. The van der Waals surface area contributed by atoms with Gasteiger partial charge < -0.3 is 0 Å². The first-order valence-electron chi connectivity index (χ1n) is 2.90. The molecule has 57 valence electrons. The second-order valence-corrected chi connectivity index (χ2v) is 15.8. The smallest absolute Gasteiger partial charge is 0.126 e. The van der Waals surface area contributed by atoms with Crippen molar-refractivity contribution in [2.24, 2.45) is 0 Å². The monoisotopic (exact) mass is 331 g/mol. The fraction of sp³-hybridized carbons (Fsp3) is 0. The number of rotatable bonds is 0. The first kappa shape index (κ1) is 11.7. The van der Waals surface area contributed by atoms with Gasteiger partial charge in [0.15, 0.2) is 0 Å². The summed E-state index contributed by atoms with van der Waals surface area (Å²) in [4.78, 5) is 0. The molecule has 0 aliphatic heterocycles. The molecule has 0 fully saturated rings. The van der Waals surface area contributed by atoms with Gasteiger partial charge in [0.1, 0.15) is 5.82 Å². The summed E-state index contributed by atoms with van der Waals surface area (Å²) in [6, 6.07) is 6.42. The largest absolute Gasteiger partial charge is 0.207 e. The Morgan fingerprint density at radius 1 is 1.27 bits per heavy atom. The minimum atomic E-state index is -0.250. The molecule has 11 heavy (non-hydrogen) atoms. The van der Waals surface area contributed by atoms with Crippen molar-refractivity contribution in [1.82, 2.24) is 0 Å². The first-order valence-corrected chi connectivity index (χ1v) is 16.8. The Kier molecular flexibility index (Phi) is 7.88. The Morgan fingerprint density at radius 3 is 2.00 bits per heavy atom. The van der Waals surface area contributed by atoms with E-state index in [9.17, 15) is 4.39 Å². The van der Waals surface area contributed by atoms with Crippen molar-refractivity contribution < 1.29 is 17.6 Å². The summed E-state index contributed by atoms with van der Waals surface area (Å²) in [5.41, 5.74) is 0.451. The Labute approximate surface area is 86.9 Å². The van der Waals surface area contributed by atoms with E-state index in [0.717, 1.165) is 0 Å². The van der Waals surface area contributed by atoms with E-state index in [1.807, 2.05) is 0 Å². The van der Waals surface area contributed by atoms with Gasteiger partial charge in [-0.25, -0.2) is 4.39 Å². The fourth-order valence-electron chi connectivity index (χ4n) is 0.498. The van der Waals surface area contributed by atoms with Crippen LogP contribution >= 0.6 is 27.2 Å². The van der Waals surface area contributed by atoms with Gasteiger partial charge in [0.2, 0.25) is 0 Å². The molecule has 0 nitrogen and oxygen atoms in total. The van der Waals surface area contributed by atoms with E-state index < -0.39 is 0 Å². The van der Waals surface area contributed by atoms with E-state index in [0.29, 0.717) is 5.56 Å². The van der Waals surface area contributed by atoms with E-state index in [1.165, 1.54) is 6.07 Å². The van der Waals surface area contributed by atoms with E-state index in [2.05, 4.69) is 34.2 Å². The van der Waals surface area contributed by atoms with Crippen LogP contribution in [0.25, 0.3) is 0 Å². The van der Waals surface area contributed by atoms with Gasteiger partial charge in [-0.1, -0.05) is 18.2 Å². The van der Waals surface area contributed by atoms with Crippen LogP contribution in [0, 0.1) is 12.7 Å². The molecule has 0 aliphatic carbocycles. The summed E-state index contributed by atoms with van der Waals surface area (Å²) in [6.07, 6.45) is 0. The average Bonchev–Trinajstić information content (AvgIpc) is 1.97. The van der Waals surface area contributed by atoms with Crippen molar-refractivity contribution in [3.63, 3.8) is 0 Å². The molecule has 0 aromatic heterocycles. The molecule has 0 aliphatic rings. The van der Waals surface area contributed by atoms with Crippen molar-refractivity contribution in [2.75, 3.05) is 0 Å². The van der Waals surface area contributed by atoms with Gasteiger partial charge in [-0.05, 0) is 18.6 Å². The van der Waals surface area contributed by atoms with Crippen LogP contribution in [0.15, 0.2) is 24.3 Å². The summed E-state index contributed by atoms with van der Waals surface area (Å²) in [5, 5.41) is 0. The molecule has 0 saturated carbocycles. The third-order valence-corrected chi connectivity index (χ3v) is 0.958. The SMILES string of the molecule is [Br][Zn][Br].[CH2]c1ccccc1F. The third kappa shape index (κ3) is 5.95. The van der Waals surface area contributed by atoms with Crippen LogP contribution in [-0.4, -0.2) is 0 Å². The van der Waals surface area contributed by atoms with Crippen LogP contribution in [0.5, 0.6) is 0 Å². The number of halogens is 3. The quantitative estimate of drug-likeness (QED) is 0.635. The zero-order valence-electron chi connectivity index (χ0n) is 5.86. The summed E-state index contributed by atoms with van der Waals surface area (Å²) in [6.45, 7) is 3.45. The molecule has 0 bridgehead atoms. The molecule has 0 spiro atoms. The predicted octanol–water partition coefficient (Wildman–Crippen LogP) is 3.70. The van der Waals surface area contributed by atoms with E-state index in [-0.39, 0.29) is 19.0 Å². The van der Waals surface area contributed by atoms with Gasteiger partial charge in [-0.15, -0.1) is 0 Å². The Balaban J connectivity index is 0.000000292. The molecule has 0 N–H and O–H groups in total. The van der Waals surface area contributed by atoms with Crippen LogP contribution in [-0.2, 0) is 13.2 Å². The average molecular weight is 334 g/mol. The van der Waals surface area contributed by atoms with Gasteiger partial charge in [-0.2, -0.15) is 0 Å². The van der Waals surface area contributed by atoms with Gasteiger partial charge >= 0.3 is 40.5 Å².